The van der Waals surface area contributed by atoms with Gasteiger partial charge in [-0.3, -0.25) is 9.59 Å². The molecule has 3 aromatic rings. The van der Waals surface area contributed by atoms with E-state index in [2.05, 4.69) is 10.5 Å². The zero-order chi connectivity index (χ0) is 19.2. The molecule has 2 amide bonds. The minimum Gasteiger partial charge on any atom is -0.370 e. The summed E-state index contributed by atoms with van der Waals surface area (Å²) in [5, 5.41) is 6.97. The molecule has 3 N–H and O–H groups in total. The number of benzene rings is 2. The van der Waals surface area contributed by atoms with Crippen molar-refractivity contribution in [1.82, 2.24) is 10.5 Å². The van der Waals surface area contributed by atoms with Crippen molar-refractivity contribution in [3.05, 3.63) is 65.9 Å². The quantitative estimate of drug-likeness (QED) is 0.629. The van der Waals surface area contributed by atoms with E-state index in [4.69, 9.17) is 10.3 Å². The Morgan fingerprint density at radius 3 is 2.41 bits per heavy atom. The first kappa shape index (κ1) is 18.4. The molecule has 138 valence electrons. The van der Waals surface area contributed by atoms with Gasteiger partial charge in [0.25, 0.3) is 5.91 Å². The standard InChI is InChI=1S/C21H21N3O3/c1-14-19(20(24-27-14)16-6-3-2-4-7-16)15-9-11-17(12-10-15)21(26)23-13-5-8-18(22)25/h2-4,6-7,9-12H,5,8,13H2,1H3,(H2,22,25)(H,23,26). The lowest BCUT2D eigenvalue weighted by Gasteiger charge is -2.07. The molecule has 0 aliphatic carbocycles. The summed E-state index contributed by atoms with van der Waals surface area (Å²) in [6, 6.07) is 17.1. The molecule has 2 aromatic carbocycles. The molecule has 3 rings (SSSR count). The number of rotatable bonds is 7. The minimum absolute atomic E-state index is 0.184. The number of nitrogens with one attached hydrogen (secondary N) is 1. The van der Waals surface area contributed by atoms with E-state index in [1.165, 1.54) is 0 Å². The van der Waals surface area contributed by atoms with Gasteiger partial charge in [-0.1, -0.05) is 47.6 Å². The third-order valence-corrected chi connectivity index (χ3v) is 4.23. The Balaban J connectivity index is 1.76. The smallest absolute Gasteiger partial charge is 0.251 e. The summed E-state index contributed by atoms with van der Waals surface area (Å²) >= 11 is 0. The summed E-state index contributed by atoms with van der Waals surface area (Å²) in [7, 11) is 0. The van der Waals surface area contributed by atoms with Crippen LogP contribution in [0.5, 0.6) is 0 Å². The summed E-state index contributed by atoms with van der Waals surface area (Å²) in [6.45, 7) is 2.28. The first-order chi connectivity index (χ1) is 13.1. The fourth-order valence-corrected chi connectivity index (χ4v) is 2.86. The maximum Gasteiger partial charge on any atom is 0.251 e. The Morgan fingerprint density at radius 2 is 1.74 bits per heavy atom. The highest BCUT2D eigenvalue weighted by atomic mass is 16.5. The normalized spacial score (nSPS) is 10.6. The first-order valence-corrected chi connectivity index (χ1v) is 8.75. The predicted molar refractivity (Wildman–Crippen MR) is 103 cm³/mol. The van der Waals surface area contributed by atoms with Crippen LogP contribution in [0.2, 0.25) is 0 Å². The highest BCUT2D eigenvalue weighted by Gasteiger charge is 2.17. The van der Waals surface area contributed by atoms with E-state index in [1.807, 2.05) is 49.4 Å². The molecule has 0 unspecified atom stereocenters. The highest BCUT2D eigenvalue weighted by Crippen LogP contribution is 2.34. The molecule has 27 heavy (non-hydrogen) atoms. The Bertz CT molecular complexity index is 931. The molecule has 0 saturated heterocycles. The monoisotopic (exact) mass is 363 g/mol. The SMILES string of the molecule is Cc1onc(-c2ccccc2)c1-c1ccc(C(=O)NCCCC(N)=O)cc1. The minimum atomic E-state index is -0.369. The topological polar surface area (TPSA) is 98.2 Å². The number of amides is 2. The molecule has 1 aromatic heterocycles. The summed E-state index contributed by atoms with van der Waals surface area (Å²) in [5.74, 6) is 0.167. The van der Waals surface area contributed by atoms with Crippen molar-refractivity contribution in [2.45, 2.75) is 19.8 Å². The zero-order valence-electron chi connectivity index (χ0n) is 15.1. The molecule has 0 aliphatic heterocycles. The van der Waals surface area contributed by atoms with Crippen molar-refractivity contribution >= 4 is 11.8 Å². The highest BCUT2D eigenvalue weighted by molar-refractivity contribution is 5.95. The van der Waals surface area contributed by atoms with Gasteiger partial charge in [-0.05, 0) is 31.0 Å². The van der Waals surface area contributed by atoms with Gasteiger partial charge in [0.2, 0.25) is 5.91 Å². The molecule has 0 bridgehead atoms. The maximum absolute atomic E-state index is 12.2. The molecule has 0 aliphatic rings. The van der Waals surface area contributed by atoms with E-state index in [0.29, 0.717) is 18.5 Å². The molecule has 0 atom stereocenters. The van der Waals surface area contributed by atoms with Gasteiger partial charge in [0.15, 0.2) is 0 Å². The number of nitrogens with zero attached hydrogens (tertiary/aromatic N) is 1. The van der Waals surface area contributed by atoms with E-state index < -0.39 is 0 Å². The number of aromatic nitrogens is 1. The molecule has 6 nitrogen and oxygen atoms in total. The number of carbonyl (C=O) groups excluding carboxylic acids is 2. The molecular weight excluding hydrogens is 342 g/mol. The zero-order valence-corrected chi connectivity index (χ0v) is 15.1. The first-order valence-electron chi connectivity index (χ1n) is 8.75. The van der Waals surface area contributed by atoms with E-state index in [9.17, 15) is 9.59 Å². The van der Waals surface area contributed by atoms with Crippen molar-refractivity contribution in [3.8, 4) is 22.4 Å². The summed E-state index contributed by atoms with van der Waals surface area (Å²) in [6.07, 6.45) is 0.785. The maximum atomic E-state index is 12.2. The fraction of sp³-hybridized carbons (Fsp3) is 0.190. The number of carbonyl (C=O) groups is 2. The van der Waals surface area contributed by atoms with Crippen LogP contribution in [0.1, 0.15) is 29.0 Å². The van der Waals surface area contributed by atoms with E-state index in [1.54, 1.807) is 12.1 Å². The number of nitrogens with two attached hydrogens (primary N) is 1. The lowest BCUT2D eigenvalue weighted by molar-refractivity contribution is -0.118. The van der Waals surface area contributed by atoms with Crippen LogP contribution in [0.25, 0.3) is 22.4 Å². The lowest BCUT2D eigenvalue weighted by atomic mass is 9.98. The van der Waals surface area contributed by atoms with Crippen LogP contribution < -0.4 is 11.1 Å². The van der Waals surface area contributed by atoms with Crippen molar-refractivity contribution in [2.24, 2.45) is 5.73 Å². The third kappa shape index (κ3) is 4.41. The summed E-state index contributed by atoms with van der Waals surface area (Å²) in [5.41, 5.74) is 9.22. The number of hydrogen-bond donors (Lipinski definition) is 2. The Labute approximate surface area is 157 Å². The second-order valence-corrected chi connectivity index (χ2v) is 6.23. The van der Waals surface area contributed by atoms with E-state index >= 15 is 0 Å². The molecule has 1 heterocycles. The predicted octanol–water partition coefficient (Wildman–Crippen LogP) is 3.31. The Morgan fingerprint density at radius 1 is 1.04 bits per heavy atom. The lowest BCUT2D eigenvalue weighted by Crippen LogP contribution is -2.25. The largest absolute Gasteiger partial charge is 0.370 e. The molecule has 0 spiro atoms. The van der Waals surface area contributed by atoms with Gasteiger partial charge in [0, 0.05) is 24.1 Å². The molecule has 0 radical (unpaired) electrons. The van der Waals surface area contributed by atoms with E-state index in [-0.39, 0.29) is 18.2 Å². The second-order valence-electron chi connectivity index (χ2n) is 6.23. The Hall–Kier alpha value is -3.41. The van der Waals surface area contributed by atoms with Crippen LogP contribution in [-0.2, 0) is 4.79 Å². The van der Waals surface area contributed by atoms with Crippen LogP contribution in [0.3, 0.4) is 0 Å². The third-order valence-electron chi connectivity index (χ3n) is 4.23. The van der Waals surface area contributed by atoms with Crippen LogP contribution in [0.4, 0.5) is 0 Å². The molecular formula is C21H21N3O3. The van der Waals surface area contributed by atoms with Crippen molar-refractivity contribution in [3.63, 3.8) is 0 Å². The van der Waals surface area contributed by atoms with Crippen molar-refractivity contribution < 1.29 is 14.1 Å². The molecule has 0 fully saturated rings. The average Bonchev–Trinajstić information content (AvgIpc) is 3.07. The van der Waals surface area contributed by atoms with Gasteiger partial charge < -0.3 is 15.6 Å². The second kappa shape index (κ2) is 8.31. The van der Waals surface area contributed by atoms with Gasteiger partial charge in [-0.2, -0.15) is 0 Å². The van der Waals surface area contributed by atoms with Crippen molar-refractivity contribution in [1.29, 1.82) is 0 Å². The molecule has 6 heteroatoms. The molecule has 0 saturated carbocycles. The van der Waals surface area contributed by atoms with Crippen LogP contribution in [-0.4, -0.2) is 23.5 Å². The fourth-order valence-electron chi connectivity index (χ4n) is 2.86. The van der Waals surface area contributed by atoms with Crippen LogP contribution in [0.15, 0.2) is 59.1 Å². The van der Waals surface area contributed by atoms with Crippen LogP contribution in [0, 0.1) is 6.92 Å². The van der Waals surface area contributed by atoms with Gasteiger partial charge in [-0.25, -0.2) is 0 Å². The number of aryl methyl sites for hydroxylation is 1. The van der Waals surface area contributed by atoms with Gasteiger partial charge in [0.05, 0.1) is 5.56 Å². The van der Waals surface area contributed by atoms with E-state index in [0.717, 1.165) is 28.1 Å². The summed E-state index contributed by atoms with van der Waals surface area (Å²) in [4.78, 5) is 22.9. The number of primary amides is 1. The van der Waals surface area contributed by atoms with Gasteiger partial charge >= 0.3 is 0 Å². The van der Waals surface area contributed by atoms with Gasteiger partial charge in [-0.15, -0.1) is 0 Å². The number of hydrogen-bond acceptors (Lipinski definition) is 4. The van der Waals surface area contributed by atoms with Crippen LogP contribution >= 0.6 is 0 Å². The average molecular weight is 363 g/mol. The Kier molecular flexibility index (Phi) is 5.66. The van der Waals surface area contributed by atoms with Crippen molar-refractivity contribution in [2.75, 3.05) is 6.54 Å². The van der Waals surface area contributed by atoms with Gasteiger partial charge in [0.1, 0.15) is 11.5 Å². The summed E-state index contributed by atoms with van der Waals surface area (Å²) < 4.78 is 5.40.